The van der Waals surface area contributed by atoms with Crippen LogP contribution < -0.4 is 0 Å². The van der Waals surface area contributed by atoms with E-state index in [0.29, 0.717) is 20.8 Å². The second-order valence-electron chi connectivity index (χ2n) is 3.62. The fourth-order valence-corrected chi connectivity index (χ4v) is 2.08. The molecule has 1 heterocycles. The molecule has 0 spiro atoms. The van der Waals surface area contributed by atoms with Gasteiger partial charge in [0.15, 0.2) is 0 Å². The van der Waals surface area contributed by atoms with Gasteiger partial charge in [-0.25, -0.2) is 4.39 Å². The van der Waals surface area contributed by atoms with E-state index in [2.05, 4.69) is 15.9 Å². The van der Waals surface area contributed by atoms with Crippen LogP contribution in [0.5, 0.6) is 0 Å². The van der Waals surface area contributed by atoms with E-state index in [1.54, 1.807) is 13.0 Å². The summed E-state index contributed by atoms with van der Waals surface area (Å²) >= 11 is 9.00. The molecule has 2 rings (SSSR count). The van der Waals surface area contributed by atoms with E-state index in [-0.39, 0.29) is 5.56 Å². The van der Waals surface area contributed by atoms with Gasteiger partial charge in [0.1, 0.15) is 17.7 Å². The van der Waals surface area contributed by atoms with E-state index in [1.165, 1.54) is 18.4 Å². The van der Waals surface area contributed by atoms with E-state index >= 15 is 0 Å². The summed E-state index contributed by atoms with van der Waals surface area (Å²) in [7, 11) is 0. The highest BCUT2D eigenvalue weighted by atomic mass is 79.9. The van der Waals surface area contributed by atoms with Crippen LogP contribution in [0.3, 0.4) is 0 Å². The first-order valence-corrected chi connectivity index (χ1v) is 6.04. The zero-order valence-electron chi connectivity index (χ0n) is 8.88. The summed E-state index contributed by atoms with van der Waals surface area (Å²) in [5.41, 5.74) is 0.657. The van der Waals surface area contributed by atoms with Gasteiger partial charge in [-0.3, -0.25) is 0 Å². The summed E-state index contributed by atoms with van der Waals surface area (Å²) < 4.78 is 19.3. The zero-order chi connectivity index (χ0) is 12.6. The fraction of sp³-hybridized carbons (Fsp3) is 0.167. The lowest BCUT2D eigenvalue weighted by Gasteiger charge is -2.12. The molecule has 1 atom stereocenters. The number of hydrogen-bond donors (Lipinski definition) is 1. The topological polar surface area (TPSA) is 33.4 Å². The molecular weight excluding hydrogens is 310 g/mol. The Morgan fingerprint density at radius 3 is 2.71 bits per heavy atom. The molecule has 0 aliphatic rings. The third kappa shape index (κ3) is 2.39. The van der Waals surface area contributed by atoms with Crippen LogP contribution in [0.2, 0.25) is 5.02 Å². The van der Waals surface area contributed by atoms with Gasteiger partial charge in [0.05, 0.1) is 11.3 Å². The van der Waals surface area contributed by atoms with Crippen molar-refractivity contribution < 1.29 is 13.9 Å². The fourth-order valence-electron chi connectivity index (χ4n) is 1.59. The van der Waals surface area contributed by atoms with Crippen LogP contribution in [0.25, 0.3) is 0 Å². The highest BCUT2D eigenvalue weighted by Crippen LogP contribution is 2.32. The van der Waals surface area contributed by atoms with Crippen molar-refractivity contribution in [1.82, 2.24) is 0 Å². The Hall–Kier alpha value is -0.840. The number of aliphatic hydroxyl groups is 1. The maximum absolute atomic E-state index is 13.7. The Kier molecular flexibility index (Phi) is 3.56. The number of rotatable bonds is 2. The normalized spacial score (nSPS) is 12.8. The van der Waals surface area contributed by atoms with Gasteiger partial charge >= 0.3 is 0 Å². The SMILES string of the molecule is Cc1occc1C(O)c1cc(Cl)c(Br)cc1F. The molecule has 0 fully saturated rings. The quantitative estimate of drug-likeness (QED) is 0.841. The van der Waals surface area contributed by atoms with Gasteiger partial charge in [0, 0.05) is 15.6 Å². The lowest BCUT2D eigenvalue weighted by molar-refractivity contribution is 0.212. The Bertz CT molecular complexity index is 553. The van der Waals surface area contributed by atoms with Crippen molar-refractivity contribution in [3.63, 3.8) is 0 Å². The van der Waals surface area contributed by atoms with Crippen molar-refractivity contribution in [3.8, 4) is 0 Å². The molecule has 0 amide bonds. The largest absolute Gasteiger partial charge is 0.469 e. The number of furan rings is 1. The minimum atomic E-state index is -1.08. The summed E-state index contributed by atoms with van der Waals surface area (Å²) in [6.07, 6.45) is 0.367. The summed E-state index contributed by atoms with van der Waals surface area (Å²) in [4.78, 5) is 0. The second kappa shape index (κ2) is 4.80. The highest BCUT2D eigenvalue weighted by Gasteiger charge is 2.20. The van der Waals surface area contributed by atoms with Crippen LogP contribution in [-0.4, -0.2) is 5.11 Å². The van der Waals surface area contributed by atoms with Crippen LogP contribution in [0, 0.1) is 12.7 Å². The minimum absolute atomic E-state index is 0.128. The molecule has 1 N–H and O–H groups in total. The number of aryl methyl sites for hydroxylation is 1. The molecule has 0 bridgehead atoms. The number of hydrogen-bond acceptors (Lipinski definition) is 2. The maximum atomic E-state index is 13.7. The summed E-state index contributed by atoms with van der Waals surface area (Å²) in [6.45, 7) is 1.71. The van der Waals surface area contributed by atoms with Crippen molar-refractivity contribution in [1.29, 1.82) is 0 Å². The molecule has 0 aliphatic carbocycles. The van der Waals surface area contributed by atoms with E-state index in [4.69, 9.17) is 16.0 Å². The number of benzene rings is 1. The molecule has 90 valence electrons. The molecule has 1 aromatic heterocycles. The van der Waals surface area contributed by atoms with Crippen molar-refractivity contribution in [2.45, 2.75) is 13.0 Å². The Morgan fingerprint density at radius 2 is 2.12 bits per heavy atom. The van der Waals surface area contributed by atoms with Gasteiger partial charge in [0.25, 0.3) is 0 Å². The molecule has 1 unspecified atom stereocenters. The molecular formula is C12H9BrClFO2. The molecule has 1 aromatic carbocycles. The van der Waals surface area contributed by atoms with Crippen LogP contribution in [0.15, 0.2) is 33.4 Å². The smallest absolute Gasteiger partial charge is 0.130 e. The van der Waals surface area contributed by atoms with Crippen molar-refractivity contribution in [2.75, 3.05) is 0 Å². The summed E-state index contributed by atoms with van der Waals surface area (Å²) in [5.74, 6) is 0.0327. The van der Waals surface area contributed by atoms with E-state index in [0.717, 1.165) is 0 Å². The molecule has 2 aromatic rings. The van der Waals surface area contributed by atoms with Gasteiger partial charge < -0.3 is 9.52 Å². The third-order valence-corrected chi connectivity index (χ3v) is 3.72. The Morgan fingerprint density at radius 1 is 1.41 bits per heavy atom. The average molecular weight is 320 g/mol. The lowest BCUT2D eigenvalue weighted by atomic mass is 10.0. The van der Waals surface area contributed by atoms with Crippen LogP contribution in [0.1, 0.15) is 23.0 Å². The van der Waals surface area contributed by atoms with Gasteiger partial charge in [-0.1, -0.05) is 11.6 Å². The maximum Gasteiger partial charge on any atom is 0.130 e. The lowest BCUT2D eigenvalue weighted by Crippen LogP contribution is -2.03. The third-order valence-electron chi connectivity index (χ3n) is 2.53. The van der Waals surface area contributed by atoms with Crippen molar-refractivity contribution in [3.05, 3.63) is 56.7 Å². The van der Waals surface area contributed by atoms with Crippen LogP contribution >= 0.6 is 27.5 Å². The Balaban J connectivity index is 2.48. The van der Waals surface area contributed by atoms with Crippen molar-refractivity contribution >= 4 is 27.5 Å². The standard InChI is InChI=1S/C12H9BrClFO2/c1-6-7(2-3-17-6)12(16)8-4-10(14)9(13)5-11(8)15/h2-5,12,16H,1H3. The molecule has 17 heavy (non-hydrogen) atoms. The molecule has 0 aliphatic heterocycles. The van der Waals surface area contributed by atoms with Gasteiger partial charge in [-0.05, 0) is 41.1 Å². The summed E-state index contributed by atoms with van der Waals surface area (Å²) in [6, 6.07) is 4.24. The minimum Gasteiger partial charge on any atom is -0.469 e. The van der Waals surface area contributed by atoms with E-state index in [1.807, 2.05) is 0 Å². The second-order valence-corrected chi connectivity index (χ2v) is 4.88. The monoisotopic (exact) mass is 318 g/mol. The van der Waals surface area contributed by atoms with Crippen LogP contribution in [0.4, 0.5) is 4.39 Å². The molecule has 0 radical (unpaired) electrons. The average Bonchev–Trinajstić information content (AvgIpc) is 2.69. The van der Waals surface area contributed by atoms with Crippen LogP contribution in [-0.2, 0) is 0 Å². The zero-order valence-corrected chi connectivity index (χ0v) is 11.2. The molecule has 0 saturated carbocycles. The predicted octanol–water partition coefficient (Wildman–Crippen LogP) is 4.22. The molecule has 0 saturated heterocycles. The van der Waals surface area contributed by atoms with Gasteiger partial charge in [-0.15, -0.1) is 0 Å². The van der Waals surface area contributed by atoms with E-state index in [9.17, 15) is 9.50 Å². The van der Waals surface area contributed by atoms with Gasteiger partial charge in [0.2, 0.25) is 0 Å². The Labute approximate surface area is 111 Å². The van der Waals surface area contributed by atoms with Gasteiger partial charge in [-0.2, -0.15) is 0 Å². The number of aliphatic hydroxyl groups excluding tert-OH is 1. The van der Waals surface area contributed by atoms with Crippen molar-refractivity contribution in [2.24, 2.45) is 0 Å². The first kappa shape index (κ1) is 12.6. The number of halogens is 3. The predicted molar refractivity (Wildman–Crippen MR) is 66.6 cm³/mol. The first-order chi connectivity index (χ1) is 8.00. The first-order valence-electron chi connectivity index (χ1n) is 4.87. The highest BCUT2D eigenvalue weighted by molar-refractivity contribution is 9.10. The molecule has 2 nitrogen and oxygen atoms in total. The summed E-state index contributed by atoms with van der Waals surface area (Å²) in [5, 5.41) is 10.4. The molecule has 5 heteroatoms. The van der Waals surface area contributed by atoms with E-state index < -0.39 is 11.9 Å².